The molecule has 1 atom stereocenters. The molecule has 0 radical (unpaired) electrons. The number of ether oxygens (including phenoxy) is 1. The zero-order chi connectivity index (χ0) is 11.4. The van der Waals surface area contributed by atoms with E-state index in [0.717, 1.165) is 17.9 Å². The number of H-pyrrole nitrogens is 1. The fourth-order valence-corrected chi connectivity index (χ4v) is 1.70. The Bertz CT molecular complexity index is 439. The molecule has 4 heteroatoms. The third-order valence-electron chi connectivity index (χ3n) is 2.64. The van der Waals surface area contributed by atoms with Crippen molar-refractivity contribution in [1.29, 1.82) is 0 Å². The minimum atomic E-state index is 0.403. The molecule has 4 nitrogen and oxygen atoms in total. The maximum atomic E-state index is 5.21. The van der Waals surface area contributed by atoms with Crippen molar-refractivity contribution in [3.05, 3.63) is 41.7 Å². The number of nitrogens with zero attached hydrogens (tertiary/aromatic N) is 2. The molecule has 0 fully saturated rings. The molecule has 0 aliphatic carbocycles. The lowest BCUT2D eigenvalue weighted by Crippen LogP contribution is -1.99. The first-order valence-electron chi connectivity index (χ1n) is 5.28. The Morgan fingerprint density at radius 3 is 3.00 bits per heavy atom. The molecule has 1 unspecified atom stereocenters. The van der Waals surface area contributed by atoms with E-state index >= 15 is 0 Å². The van der Waals surface area contributed by atoms with Gasteiger partial charge in [0.2, 0.25) is 0 Å². The number of aromatic nitrogens is 3. The first-order valence-corrected chi connectivity index (χ1v) is 5.28. The van der Waals surface area contributed by atoms with Gasteiger partial charge in [-0.05, 0) is 30.0 Å². The van der Waals surface area contributed by atoms with Crippen molar-refractivity contribution in [2.24, 2.45) is 0 Å². The van der Waals surface area contributed by atoms with Gasteiger partial charge >= 0.3 is 0 Å². The predicted octanol–water partition coefficient (Wildman–Crippen LogP) is 2.16. The number of nitrogens with one attached hydrogen (secondary N) is 1. The Morgan fingerprint density at radius 2 is 2.31 bits per heavy atom. The maximum absolute atomic E-state index is 5.21. The summed E-state index contributed by atoms with van der Waals surface area (Å²) in [6.45, 7) is 2.17. The van der Waals surface area contributed by atoms with Crippen LogP contribution in [0.3, 0.4) is 0 Å². The van der Waals surface area contributed by atoms with Crippen LogP contribution in [-0.4, -0.2) is 22.5 Å². The van der Waals surface area contributed by atoms with Gasteiger partial charge in [-0.3, -0.25) is 0 Å². The average Bonchev–Trinajstić information content (AvgIpc) is 2.82. The van der Waals surface area contributed by atoms with Crippen LogP contribution >= 0.6 is 0 Å². The minimum Gasteiger partial charge on any atom is -0.497 e. The standard InChI is InChI=1S/C12H15N3O/c1-9(6-11-8-13-15-14-11)10-4-3-5-12(7-10)16-2/h3-5,7-9H,6H2,1-2H3,(H,13,14,15). The van der Waals surface area contributed by atoms with Crippen LogP contribution in [0.5, 0.6) is 5.75 Å². The highest BCUT2D eigenvalue weighted by molar-refractivity contribution is 5.31. The van der Waals surface area contributed by atoms with E-state index in [2.05, 4.69) is 34.5 Å². The van der Waals surface area contributed by atoms with Crippen molar-refractivity contribution >= 4 is 0 Å². The van der Waals surface area contributed by atoms with Gasteiger partial charge in [-0.1, -0.05) is 19.1 Å². The highest BCUT2D eigenvalue weighted by Crippen LogP contribution is 2.22. The van der Waals surface area contributed by atoms with E-state index < -0.39 is 0 Å². The third kappa shape index (κ3) is 2.39. The molecule has 84 valence electrons. The van der Waals surface area contributed by atoms with Crippen LogP contribution in [0.1, 0.15) is 24.1 Å². The van der Waals surface area contributed by atoms with Crippen molar-refractivity contribution in [2.75, 3.05) is 7.11 Å². The van der Waals surface area contributed by atoms with Gasteiger partial charge in [0, 0.05) is 0 Å². The number of methoxy groups -OCH3 is 1. The van der Waals surface area contributed by atoms with Crippen LogP contribution < -0.4 is 4.74 Å². The number of aromatic amines is 1. The van der Waals surface area contributed by atoms with Gasteiger partial charge in [-0.2, -0.15) is 15.4 Å². The Labute approximate surface area is 94.6 Å². The van der Waals surface area contributed by atoms with Crippen LogP contribution in [0.25, 0.3) is 0 Å². The van der Waals surface area contributed by atoms with E-state index in [4.69, 9.17) is 4.74 Å². The molecule has 2 rings (SSSR count). The zero-order valence-electron chi connectivity index (χ0n) is 9.47. The molecule has 0 spiro atoms. The van der Waals surface area contributed by atoms with Gasteiger partial charge in [-0.15, -0.1) is 0 Å². The van der Waals surface area contributed by atoms with Gasteiger partial charge in [0.15, 0.2) is 0 Å². The van der Waals surface area contributed by atoms with Crippen LogP contribution in [-0.2, 0) is 6.42 Å². The SMILES string of the molecule is COc1cccc(C(C)Cc2cn[nH]n2)c1. The van der Waals surface area contributed by atoms with Gasteiger partial charge in [0.25, 0.3) is 0 Å². The molecule has 1 aromatic heterocycles. The Morgan fingerprint density at radius 1 is 1.44 bits per heavy atom. The Hall–Kier alpha value is -1.84. The number of hydrogen-bond donors (Lipinski definition) is 1. The Kier molecular flexibility index (Phi) is 3.19. The van der Waals surface area contributed by atoms with E-state index in [1.807, 2.05) is 12.1 Å². The fourth-order valence-electron chi connectivity index (χ4n) is 1.70. The summed E-state index contributed by atoms with van der Waals surface area (Å²) in [5.41, 5.74) is 2.23. The molecule has 1 heterocycles. The number of rotatable bonds is 4. The summed E-state index contributed by atoms with van der Waals surface area (Å²) < 4.78 is 5.21. The highest BCUT2D eigenvalue weighted by atomic mass is 16.5. The molecule has 0 saturated heterocycles. The lowest BCUT2D eigenvalue weighted by atomic mass is 9.96. The second kappa shape index (κ2) is 4.79. The summed E-state index contributed by atoms with van der Waals surface area (Å²) in [5.74, 6) is 1.30. The van der Waals surface area contributed by atoms with E-state index in [0.29, 0.717) is 5.92 Å². The van der Waals surface area contributed by atoms with Crippen LogP contribution in [0, 0.1) is 0 Å². The number of hydrogen-bond acceptors (Lipinski definition) is 3. The van der Waals surface area contributed by atoms with Gasteiger partial charge < -0.3 is 4.74 Å². The fraction of sp³-hybridized carbons (Fsp3) is 0.333. The topological polar surface area (TPSA) is 50.8 Å². The van der Waals surface area contributed by atoms with Crippen molar-refractivity contribution in [3.63, 3.8) is 0 Å². The van der Waals surface area contributed by atoms with Crippen molar-refractivity contribution in [3.8, 4) is 5.75 Å². The lowest BCUT2D eigenvalue weighted by molar-refractivity contribution is 0.414. The summed E-state index contributed by atoms with van der Waals surface area (Å²) in [6, 6.07) is 8.12. The maximum Gasteiger partial charge on any atom is 0.119 e. The summed E-state index contributed by atoms with van der Waals surface area (Å²) in [4.78, 5) is 0. The third-order valence-corrected chi connectivity index (χ3v) is 2.64. The molecule has 0 aliphatic rings. The van der Waals surface area contributed by atoms with Crippen molar-refractivity contribution in [1.82, 2.24) is 15.4 Å². The Balaban J connectivity index is 2.11. The van der Waals surface area contributed by atoms with Gasteiger partial charge in [0.05, 0.1) is 19.0 Å². The zero-order valence-corrected chi connectivity index (χ0v) is 9.47. The molecule has 0 amide bonds. The van der Waals surface area contributed by atoms with E-state index in [-0.39, 0.29) is 0 Å². The highest BCUT2D eigenvalue weighted by Gasteiger charge is 2.09. The van der Waals surface area contributed by atoms with Gasteiger partial charge in [0.1, 0.15) is 5.75 Å². The van der Waals surface area contributed by atoms with Gasteiger partial charge in [-0.25, -0.2) is 0 Å². The summed E-state index contributed by atoms with van der Waals surface area (Å²) in [7, 11) is 1.68. The summed E-state index contributed by atoms with van der Waals surface area (Å²) in [6.07, 6.45) is 2.64. The smallest absolute Gasteiger partial charge is 0.119 e. The molecular formula is C12H15N3O. The number of benzene rings is 1. The van der Waals surface area contributed by atoms with Crippen molar-refractivity contribution in [2.45, 2.75) is 19.3 Å². The molecule has 0 aliphatic heterocycles. The minimum absolute atomic E-state index is 0.403. The first kappa shape index (κ1) is 10.7. The summed E-state index contributed by atoms with van der Waals surface area (Å²) >= 11 is 0. The van der Waals surface area contributed by atoms with Crippen LogP contribution in [0.15, 0.2) is 30.5 Å². The second-order valence-electron chi connectivity index (χ2n) is 3.84. The largest absolute Gasteiger partial charge is 0.497 e. The molecule has 0 bridgehead atoms. The molecule has 0 saturated carbocycles. The molecule has 2 aromatic rings. The van der Waals surface area contributed by atoms with Crippen LogP contribution in [0.4, 0.5) is 0 Å². The lowest BCUT2D eigenvalue weighted by Gasteiger charge is -2.11. The molecule has 1 aromatic carbocycles. The van der Waals surface area contributed by atoms with E-state index in [1.54, 1.807) is 13.3 Å². The summed E-state index contributed by atoms with van der Waals surface area (Å²) in [5, 5.41) is 10.5. The molecule has 1 N–H and O–H groups in total. The normalized spacial score (nSPS) is 12.4. The second-order valence-corrected chi connectivity index (χ2v) is 3.84. The predicted molar refractivity (Wildman–Crippen MR) is 61.5 cm³/mol. The van der Waals surface area contributed by atoms with Crippen molar-refractivity contribution < 1.29 is 4.74 Å². The van der Waals surface area contributed by atoms with E-state index in [1.165, 1.54) is 5.56 Å². The average molecular weight is 217 g/mol. The first-order chi connectivity index (χ1) is 7.79. The molecule has 16 heavy (non-hydrogen) atoms. The molecular weight excluding hydrogens is 202 g/mol. The van der Waals surface area contributed by atoms with Crippen LogP contribution in [0.2, 0.25) is 0 Å². The van der Waals surface area contributed by atoms with E-state index in [9.17, 15) is 0 Å². The monoisotopic (exact) mass is 217 g/mol. The quantitative estimate of drug-likeness (QED) is 0.853.